The van der Waals surface area contributed by atoms with Gasteiger partial charge in [-0.1, -0.05) is 11.3 Å². The molecule has 3 rings (SSSR count). The minimum absolute atomic E-state index is 0.374. The van der Waals surface area contributed by atoms with Gasteiger partial charge in [-0.3, -0.25) is 4.57 Å². The van der Waals surface area contributed by atoms with Crippen LogP contribution in [0, 0.1) is 20.8 Å². The monoisotopic (exact) mass is 264 g/mol. The highest BCUT2D eigenvalue weighted by Crippen LogP contribution is 2.37. The second-order valence-electron chi connectivity index (χ2n) is 4.89. The zero-order valence-electron chi connectivity index (χ0n) is 10.7. The van der Waals surface area contributed by atoms with Crippen molar-refractivity contribution in [3.63, 3.8) is 0 Å². The van der Waals surface area contributed by atoms with Crippen LogP contribution in [0.2, 0.25) is 0 Å². The number of aryl methyl sites for hydroxylation is 3. The van der Waals surface area contributed by atoms with Crippen molar-refractivity contribution in [2.75, 3.05) is 13.2 Å². The van der Waals surface area contributed by atoms with Gasteiger partial charge in [0.25, 0.3) is 0 Å². The Morgan fingerprint density at radius 2 is 1.89 bits per heavy atom. The van der Waals surface area contributed by atoms with Crippen LogP contribution in [0.3, 0.4) is 0 Å². The minimum Gasteiger partial charge on any atom is -0.379 e. The smallest absolute Gasteiger partial charge is 0.194 e. The van der Waals surface area contributed by atoms with Gasteiger partial charge in [-0.2, -0.15) is 0 Å². The molecule has 1 fully saturated rings. The molecule has 0 atom stereocenters. The fourth-order valence-corrected chi connectivity index (χ4v) is 3.55. The molecule has 0 aliphatic carbocycles. The second-order valence-corrected chi connectivity index (χ2v) is 5.86. The molecule has 0 saturated carbocycles. The van der Waals surface area contributed by atoms with Gasteiger partial charge in [-0.15, -0.1) is 0 Å². The molecule has 0 aromatic carbocycles. The standard InChI is InChI=1S/C13H16N2O2S/c1-8-4-5-9(2)15(8)12-14-10(3)11(18-12)13(16)6-17-7-13/h4-5,16H,6-7H2,1-3H3. The third-order valence-corrected chi connectivity index (χ3v) is 4.69. The molecule has 18 heavy (non-hydrogen) atoms. The molecule has 1 aliphatic heterocycles. The third kappa shape index (κ3) is 1.62. The van der Waals surface area contributed by atoms with Gasteiger partial charge in [-0.25, -0.2) is 4.98 Å². The van der Waals surface area contributed by atoms with Crippen LogP contribution in [-0.2, 0) is 10.3 Å². The lowest BCUT2D eigenvalue weighted by Crippen LogP contribution is -2.46. The molecule has 5 heteroatoms. The number of aromatic nitrogens is 2. The van der Waals surface area contributed by atoms with Crippen molar-refractivity contribution in [2.45, 2.75) is 26.4 Å². The Morgan fingerprint density at radius 3 is 2.39 bits per heavy atom. The average molecular weight is 264 g/mol. The zero-order chi connectivity index (χ0) is 12.9. The number of hydrogen-bond donors (Lipinski definition) is 1. The van der Waals surface area contributed by atoms with Crippen molar-refractivity contribution in [3.8, 4) is 5.13 Å². The summed E-state index contributed by atoms with van der Waals surface area (Å²) in [6, 6.07) is 4.15. The molecular weight excluding hydrogens is 248 g/mol. The normalized spacial score (nSPS) is 17.8. The van der Waals surface area contributed by atoms with E-state index in [1.165, 1.54) is 0 Å². The summed E-state index contributed by atoms with van der Waals surface area (Å²) in [4.78, 5) is 5.52. The van der Waals surface area contributed by atoms with Crippen LogP contribution in [-0.4, -0.2) is 27.9 Å². The van der Waals surface area contributed by atoms with E-state index in [0.29, 0.717) is 13.2 Å². The van der Waals surface area contributed by atoms with Gasteiger partial charge in [0, 0.05) is 11.4 Å². The molecule has 4 nitrogen and oxygen atoms in total. The summed E-state index contributed by atoms with van der Waals surface area (Å²) in [6.07, 6.45) is 0. The maximum atomic E-state index is 10.3. The van der Waals surface area contributed by atoms with E-state index in [-0.39, 0.29) is 0 Å². The van der Waals surface area contributed by atoms with E-state index >= 15 is 0 Å². The number of aliphatic hydroxyl groups is 1. The average Bonchev–Trinajstić information content (AvgIpc) is 2.80. The molecule has 96 valence electrons. The Hall–Kier alpha value is -1.17. The number of rotatable bonds is 2. The van der Waals surface area contributed by atoms with Gasteiger partial charge < -0.3 is 9.84 Å². The Morgan fingerprint density at radius 1 is 1.28 bits per heavy atom. The van der Waals surface area contributed by atoms with Gasteiger partial charge in [0.1, 0.15) is 5.60 Å². The second kappa shape index (κ2) is 3.91. The van der Waals surface area contributed by atoms with Crippen molar-refractivity contribution >= 4 is 11.3 Å². The maximum absolute atomic E-state index is 10.3. The molecule has 1 saturated heterocycles. The first-order valence-electron chi connectivity index (χ1n) is 5.95. The molecule has 0 radical (unpaired) electrons. The van der Waals surface area contributed by atoms with Gasteiger partial charge in [0.15, 0.2) is 5.13 Å². The van der Waals surface area contributed by atoms with Crippen molar-refractivity contribution < 1.29 is 9.84 Å². The van der Waals surface area contributed by atoms with E-state index in [1.807, 2.05) is 6.92 Å². The van der Waals surface area contributed by atoms with Crippen molar-refractivity contribution in [2.24, 2.45) is 0 Å². The first kappa shape index (κ1) is 11.9. The molecule has 0 unspecified atom stereocenters. The molecule has 0 spiro atoms. The van der Waals surface area contributed by atoms with Crippen LogP contribution in [0.1, 0.15) is 22.0 Å². The highest BCUT2D eigenvalue weighted by Gasteiger charge is 2.41. The van der Waals surface area contributed by atoms with Gasteiger partial charge >= 0.3 is 0 Å². The van der Waals surface area contributed by atoms with Crippen LogP contribution < -0.4 is 0 Å². The Labute approximate surface area is 110 Å². The zero-order valence-corrected chi connectivity index (χ0v) is 11.5. The number of nitrogens with zero attached hydrogens (tertiary/aromatic N) is 2. The lowest BCUT2D eigenvalue weighted by atomic mass is 9.99. The topological polar surface area (TPSA) is 47.3 Å². The predicted molar refractivity (Wildman–Crippen MR) is 70.4 cm³/mol. The Balaban J connectivity index is 2.08. The Bertz CT molecular complexity index is 577. The fourth-order valence-electron chi connectivity index (χ4n) is 2.31. The first-order chi connectivity index (χ1) is 8.51. The summed E-state index contributed by atoms with van der Waals surface area (Å²) in [7, 11) is 0. The first-order valence-corrected chi connectivity index (χ1v) is 6.76. The van der Waals surface area contributed by atoms with E-state index in [0.717, 1.165) is 27.1 Å². The third-order valence-electron chi connectivity index (χ3n) is 3.35. The molecule has 1 N–H and O–H groups in total. The van der Waals surface area contributed by atoms with Crippen LogP contribution in [0.25, 0.3) is 5.13 Å². The quantitative estimate of drug-likeness (QED) is 0.903. The van der Waals surface area contributed by atoms with E-state index in [9.17, 15) is 5.11 Å². The molecule has 1 aliphatic rings. The molecule has 0 amide bonds. The highest BCUT2D eigenvalue weighted by atomic mass is 32.1. The predicted octanol–water partition coefficient (Wildman–Crippen LogP) is 2.08. The van der Waals surface area contributed by atoms with Crippen molar-refractivity contribution in [1.82, 2.24) is 9.55 Å². The summed E-state index contributed by atoms with van der Waals surface area (Å²) in [6.45, 7) is 6.81. The highest BCUT2D eigenvalue weighted by molar-refractivity contribution is 7.14. The van der Waals surface area contributed by atoms with E-state index in [1.54, 1.807) is 11.3 Å². The summed E-state index contributed by atoms with van der Waals surface area (Å²) in [5.74, 6) is 0. The summed E-state index contributed by atoms with van der Waals surface area (Å²) in [5.41, 5.74) is 2.39. The molecule has 2 aromatic heterocycles. The van der Waals surface area contributed by atoms with E-state index < -0.39 is 5.60 Å². The van der Waals surface area contributed by atoms with Gasteiger partial charge in [0.05, 0.1) is 23.8 Å². The fraction of sp³-hybridized carbons (Fsp3) is 0.462. The SMILES string of the molecule is Cc1nc(-n2c(C)ccc2C)sc1C1(O)COC1. The molecule has 2 aromatic rings. The largest absolute Gasteiger partial charge is 0.379 e. The summed E-state index contributed by atoms with van der Waals surface area (Å²) >= 11 is 1.55. The minimum atomic E-state index is -0.824. The van der Waals surface area contributed by atoms with Crippen LogP contribution in [0.4, 0.5) is 0 Å². The summed E-state index contributed by atoms with van der Waals surface area (Å²) in [5, 5.41) is 11.3. The lowest BCUT2D eigenvalue weighted by molar-refractivity contribution is -0.182. The Kier molecular flexibility index (Phi) is 2.59. The number of hydrogen-bond acceptors (Lipinski definition) is 4. The van der Waals surface area contributed by atoms with E-state index in [2.05, 4.69) is 35.5 Å². The molecular formula is C13H16N2O2S. The summed E-state index contributed by atoms with van der Waals surface area (Å²) < 4.78 is 7.23. The van der Waals surface area contributed by atoms with Crippen LogP contribution >= 0.6 is 11.3 Å². The number of thiazole rings is 1. The van der Waals surface area contributed by atoms with Gasteiger partial charge in [0.2, 0.25) is 0 Å². The van der Waals surface area contributed by atoms with Crippen LogP contribution in [0.5, 0.6) is 0 Å². The van der Waals surface area contributed by atoms with Crippen molar-refractivity contribution in [3.05, 3.63) is 34.1 Å². The van der Waals surface area contributed by atoms with E-state index in [4.69, 9.17) is 4.74 Å². The maximum Gasteiger partial charge on any atom is 0.194 e. The number of ether oxygens (including phenoxy) is 1. The lowest BCUT2D eigenvalue weighted by Gasteiger charge is -2.35. The molecule has 0 bridgehead atoms. The van der Waals surface area contributed by atoms with Crippen molar-refractivity contribution in [1.29, 1.82) is 0 Å². The molecule has 3 heterocycles. The van der Waals surface area contributed by atoms with Crippen LogP contribution in [0.15, 0.2) is 12.1 Å². The van der Waals surface area contributed by atoms with Gasteiger partial charge in [-0.05, 0) is 32.9 Å².